The predicted octanol–water partition coefficient (Wildman–Crippen LogP) is 3.44. The summed E-state index contributed by atoms with van der Waals surface area (Å²) < 4.78 is 5.48. The molecule has 1 aromatic rings. The normalized spacial score (nSPS) is 14.2. The van der Waals surface area contributed by atoms with Gasteiger partial charge in [-0.15, -0.1) is 6.58 Å². The highest BCUT2D eigenvalue weighted by molar-refractivity contribution is 5.41. The molecule has 0 aliphatic carbocycles. The molecule has 0 spiro atoms. The van der Waals surface area contributed by atoms with E-state index in [1.807, 2.05) is 19.2 Å². The van der Waals surface area contributed by atoms with Crippen molar-refractivity contribution in [2.75, 3.05) is 13.7 Å². The summed E-state index contributed by atoms with van der Waals surface area (Å²) in [4.78, 5) is 4.59. The minimum absolute atomic E-state index is 0.0116. The Hall–Kier alpha value is -1.35. The molecule has 3 heteroatoms. The largest absolute Gasteiger partial charge is 0.496 e. The SMILES string of the molecule is C=CC(C)(CNC(C)C)Cc1ncc(C)c(OC)c1C. The molecule has 0 radical (unpaired) electrons. The molecule has 0 aromatic carbocycles. The third-order valence-electron chi connectivity index (χ3n) is 3.73. The van der Waals surface area contributed by atoms with Gasteiger partial charge in [-0.3, -0.25) is 4.98 Å². The lowest BCUT2D eigenvalue weighted by Crippen LogP contribution is -2.36. The highest BCUT2D eigenvalue weighted by Gasteiger charge is 2.23. The second-order valence-corrected chi connectivity index (χ2v) is 6.12. The molecule has 20 heavy (non-hydrogen) atoms. The van der Waals surface area contributed by atoms with Gasteiger partial charge in [-0.25, -0.2) is 0 Å². The van der Waals surface area contributed by atoms with Crippen molar-refractivity contribution >= 4 is 0 Å². The van der Waals surface area contributed by atoms with Crippen molar-refractivity contribution < 1.29 is 4.74 Å². The highest BCUT2D eigenvalue weighted by atomic mass is 16.5. The minimum atomic E-state index is -0.0116. The summed E-state index contributed by atoms with van der Waals surface area (Å²) in [6.45, 7) is 15.5. The maximum atomic E-state index is 5.48. The average molecular weight is 276 g/mol. The van der Waals surface area contributed by atoms with Crippen molar-refractivity contribution in [3.63, 3.8) is 0 Å². The third-order valence-corrected chi connectivity index (χ3v) is 3.73. The molecule has 0 saturated heterocycles. The van der Waals surface area contributed by atoms with Crippen LogP contribution in [-0.2, 0) is 6.42 Å². The van der Waals surface area contributed by atoms with Crippen LogP contribution in [0.5, 0.6) is 5.75 Å². The Kier molecular flexibility index (Phi) is 5.75. The molecule has 0 aliphatic rings. The number of nitrogens with one attached hydrogen (secondary N) is 1. The van der Waals surface area contributed by atoms with E-state index in [1.54, 1.807) is 7.11 Å². The van der Waals surface area contributed by atoms with E-state index < -0.39 is 0 Å². The van der Waals surface area contributed by atoms with Crippen LogP contribution < -0.4 is 10.1 Å². The first kappa shape index (κ1) is 16.7. The quantitative estimate of drug-likeness (QED) is 0.775. The van der Waals surface area contributed by atoms with Gasteiger partial charge >= 0.3 is 0 Å². The molecule has 1 heterocycles. The molecule has 3 nitrogen and oxygen atoms in total. The molecule has 1 unspecified atom stereocenters. The molecule has 0 fully saturated rings. The summed E-state index contributed by atoms with van der Waals surface area (Å²) >= 11 is 0. The van der Waals surface area contributed by atoms with E-state index in [9.17, 15) is 0 Å². The molecule has 0 amide bonds. The monoisotopic (exact) mass is 276 g/mol. The zero-order valence-electron chi connectivity index (χ0n) is 13.7. The number of hydrogen-bond donors (Lipinski definition) is 1. The zero-order chi connectivity index (χ0) is 15.3. The Morgan fingerprint density at radius 3 is 2.60 bits per heavy atom. The number of nitrogens with zero attached hydrogens (tertiary/aromatic N) is 1. The fourth-order valence-corrected chi connectivity index (χ4v) is 2.28. The molecular formula is C17H28N2O. The Morgan fingerprint density at radius 1 is 1.45 bits per heavy atom. The van der Waals surface area contributed by atoms with Gasteiger partial charge in [0.15, 0.2) is 0 Å². The molecule has 1 atom stereocenters. The van der Waals surface area contributed by atoms with E-state index in [0.717, 1.165) is 35.5 Å². The Morgan fingerprint density at radius 2 is 2.10 bits per heavy atom. The summed E-state index contributed by atoms with van der Waals surface area (Å²) in [5.74, 6) is 0.943. The van der Waals surface area contributed by atoms with Gasteiger partial charge in [0.25, 0.3) is 0 Å². The van der Waals surface area contributed by atoms with Gasteiger partial charge in [0.2, 0.25) is 0 Å². The van der Waals surface area contributed by atoms with E-state index in [-0.39, 0.29) is 5.41 Å². The van der Waals surface area contributed by atoms with Crippen molar-refractivity contribution in [1.29, 1.82) is 0 Å². The second kappa shape index (κ2) is 6.89. The molecule has 112 valence electrons. The predicted molar refractivity (Wildman–Crippen MR) is 85.4 cm³/mol. The van der Waals surface area contributed by atoms with Gasteiger partial charge < -0.3 is 10.1 Å². The topological polar surface area (TPSA) is 34.2 Å². The Bertz CT molecular complexity index is 468. The molecule has 0 saturated carbocycles. The van der Waals surface area contributed by atoms with E-state index in [2.05, 4.69) is 44.6 Å². The van der Waals surface area contributed by atoms with Crippen LogP contribution in [0.2, 0.25) is 0 Å². The number of methoxy groups -OCH3 is 1. The highest BCUT2D eigenvalue weighted by Crippen LogP contribution is 2.29. The number of hydrogen-bond acceptors (Lipinski definition) is 3. The van der Waals surface area contributed by atoms with Gasteiger partial charge in [0, 0.05) is 47.4 Å². The van der Waals surface area contributed by atoms with Crippen molar-refractivity contribution in [2.45, 2.75) is 47.1 Å². The minimum Gasteiger partial charge on any atom is -0.496 e. The first-order chi connectivity index (χ1) is 9.33. The molecular weight excluding hydrogens is 248 g/mol. The van der Waals surface area contributed by atoms with Gasteiger partial charge in [0.1, 0.15) is 5.75 Å². The maximum absolute atomic E-state index is 5.48. The summed E-state index contributed by atoms with van der Waals surface area (Å²) in [7, 11) is 1.71. The van der Waals surface area contributed by atoms with E-state index >= 15 is 0 Å². The smallest absolute Gasteiger partial charge is 0.128 e. The number of aryl methyl sites for hydroxylation is 1. The van der Waals surface area contributed by atoms with Gasteiger partial charge in [-0.2, -0.15) is 0 Å². The van der Waals surface area contributed by atoms with Crippen LogP contribution in [0.25, 0.3) is 0 Å². The fraction of sp³-hybridized carbons (Fsp3) is 0.588. The van der Waals surface area contributed by atoms with E-state index in [4.69, 9.17) is 4.74 Å². The molecule has 1 rings (SSSR count). The lowest BCUT2D eigenvalue weighted by atomic mass is 9.84. The number of rotatable bonds is 7. The van der Waals surface area contributed by atoms with Crippen molar-refractivity contribution in [3.8, 4) is 5.75 Å². The fourth-order valence-electron chi connectivity index (χ4n) is 2.28. The molecule has 1 N–H and O–H groups in total. The first-order valence-electron chi connectivity index (χ1n) is 7.19. The second-order valence-electron chi connectivity index (χ2n) is 6.12. The lowest BCUT2D eigenvalue weighted by Gasteiger charge is -2.28. The lowest BCUT2D eigenvalue weighted by molar-refractivity contribution is 0.366. The standard InChI is InChI=1S/C17H28N2O/c1-8-17(6,11-19-12(2)3)9-15-14(5)16(20-7)13(4)10-18-15/h8,10,12,19H,1,9,11H2,2-7H3. The van der Waals surface area contributed by atoms with Crippen LogP contribution in [0.4, 0.5) is 0 Å². The summed E-state index contributed by atoms with van der Waals surface area (Å²) in [6, 6.07) is 0.468. The van der Waals surface area contributed by atoms with Crippen LogP contribution in [0.15, 0.2) is 18.9 Å². The van der Waals surface area contributed by atoms with Crippen LogP contribution in [-0.4, -0.2) is 24.7 Å². The van der Waals surface area contributed by atoms with Gasteiger partial charge in [-0.1, -0.05) is 26.8 Å². The maximum Gasteiger partial charge on any atom is 0.128 e. The molecule has 1 aromatic heterocycles. The third kappa shape index (κ3) is 4.07. The number of ether oxygens (including phenoxy) is 1. The van der Waals surface area contributed by atoms with Crippen molar-refractivity contribution in [3.05, 3.63) is 35.7 Å². The molecule has 0 aliphatic heterocycles. The van der Waals surface area contributed by atoms with E-state index in [1.165, 1.54) is 0 Å². The van der Waals surface area contributed by atoms with Crippen LogP contribution in [0, 0.1) is 19.3 Å². The van der Waals surface area contributed by atoms with Crippen molar-refractivity contribution in [2.24, 2.45) is 5.41 Å². The van der Waals surface area contributed by atoms with Crippen LogP contribution >= 0.6 is 0 Å². The van der Waals surface area contributed by atoms with Crippen molar-refractivity contribution in [1.82, 2.24) is 10.3 Å². The van der Waals surface area contributed by atoms with Crippen LogP contribution in [0.1, 0.15) is 37.6 Å². The molecule has 0 bridgehead atoms. The first-order valence-corrected chi connectivity index (χ1v) is 7.19. The summed E-state index contributed by atoms with van der Waals surface area (Å²) in [5, 5.41) is 3.49. The summed E-state index contributed by atoms with van der Waals surface area (Å²) in [6.07, 6.45) is 4.77. The van der Waals surface area contributed by atoms with Gasteiger partial charge in [0.05, 0.1) is 7.11 Å². The number of aromatic nitrogens is 1. The van der Waals surface area contributed by atoms with Gasteiger partial charge in [-0.05, 0) is 13.8 Å². The van der Waals surface area contributed by atoms with E-state index in [0.29, 0.717) is 6.04 Å². The Balaban J connectivity index is 2.98. The average Bonchev–Trinajstić information content (AvgIpc) is 2.40. The zero-order valence-corrected chi connectivity index (χ0v) is 13.7. The summed E-state index contributed by atoms with van der Waals surface area (Å²) in [5.41, 5.74) is 3.28. The van der Waals surface area contributed by atoms with Crippen LogP contribution in [0.3, 0.4) is 0 Å². The Labute approximate surface area is 123 Å². The number of pyridine rings is 1.